The van der Waals surface area contributed by atoms with Gasteiger partial charge in [0.05, 0.1) is 16.7 Å². The van der Waals surface area contributed by atoms with Crippen molar-refractivity contribution in [2.24, 2.45) is 0 Å². The molecule has 9 nitrogen and oxygen atoms in total. The van der Waals surface area contributed by atoms with Crippen LogP contribution in [0.1, 0.15) is 13.8 Å². The third kappa shape index (κ3) is 3.91. The number of fused-ring (bicyclic) bond motifs is 1. The van der Waals surface area contributed by atoms with E-state index in [0.29, 0.717) is 30.3 Å². The molecule has 154 valence electrons. The fourth-order valence-corrected chi connectivity index (χ4v) is 3.64. The van der Waals surface area contributed by atoms with Crippen molar-refractivity contribution >= 4 is 28.4 Å². The fourth-order valence-electron chi connectivity index (χ4n) is 3.64. The number of nitrogens with zero attached hydrogens (tertiary/aromatic N) is 5. The SMILES string of the molecule is CCN(CC)C(=O)Nc1c[nH]nc1-c1nc2ccc(N3CCN(C)CC3)cc2[nH]1. The third-order valence-corrected chi connectivity index (χ3v) is 5.49. The van der Waals surface area contributed by atoms with E-state index in [1.807, 2.05) is 19.9 Å². The van der Waals surface area contributed by atoms with Crippen molar-refractivity contribution in [1.29, 1.82) is 0 Å². The second-order valence-electron chi connectivity index (χ2n) is 7.33. The molecule has 0 saturated carbocycles. The van der Waals surface area contributed by atoms with E-state index in [1.54, 1.807) is 11.1 Å². The summed E-state index contributed by atoms with van der Waals surface area (Å²) in [7, 11) is 2.15. The minimum atomic E-state index is -0.147. The molecule has 1 aromatic carbocycles. The largest absolute Gasteiger partial charge is 0.369 e. The highest BCUT2D eigenvalue weighted by atomic mass is 16.2. The molecule has 9 heteroatoms. The highest BCUT2D eigenvalue weighted by molar-refractivity contribution is 5.93. The average Bonchev–Trinajstić information content (AvgIpc) is 3.35. The van der Waals surface area contributed by atoms with Crippen molar-refractivity contribution in [3.05, 3.63) is 24.4 Å². The van der Waals surface area contributed by atoms with Gasteiger partial charge in [-0.15, -0.1) is 0 Å². The number of nitrogens with one attached hydrogen (secondary N) is 3. The second kappa shape index (κ2) is 8.12. The Morgan fingerprint density at radius 2 is 1.97 bits per heavy atom. The summed E-state index contributed by atoms with van der Waals surface area (Å²) >= 11 is 0. The number of urea groups is 1. The van der Waals surface area contributed by atoms with Gasteiger partial charge >= 0.3 is 6.03 Å². The monoisotopic (exact) mass is 396 g/mol. The van der Waals surface area contributed by atoms with Gasteiger partial charge in [-0.05, 0) is 39.1 Å². The first-order chi connectivity index (χ1) is 14.1. The van der Waals surface area contributed by atoms with Crippen molar-refractivity contribution < 1.29 is 4.79 Å². The van der Waals surface area contributed by atoms with Crippen LogP contribution in [0.5, 0.6) is 0 Å². The van der Waals surface area contributed by atoms with Crippen LogP contribution in [-0.4, -0.2) is 82.3 Å². The van der Waals surface area contributed by atoms with Gasteiger partial charge in [0.25, 0.3) is 0 Å². The van der Waals surface area contributed by atoms with Crippen molar-refractivity contribution in [2.75, 3.05) is 56.5 Å². The maximum atomic E-state index is 12.4. The van der Waals surface area contributed by atoms with Crippen LogP contribution in [0.3, 0.4) is 0 Å². The van der Waals surface area contributed by atoms with Crippen molar-refractivity contribution in [1.82, 2.24) is 30.0 Å². The lowest BCUT2D eigenvalue weighted by atomic mass is 10.2. The quantitative estimate of drug-likeness (QED) is 0.616. The minimum Gasteiger partial charge on any atom is -0.369 e. The van der Waals surface area contributed by atoms with Crippen molar-refractivity contribution in [3.63, 3.8) is 0 Å². The predicted octanol–water partition coefficient (Wildman–Crippen LogP) is 2.58. The number of benzene rings is 1. The Morgan fingerprint density at radius 1 is 1.21 bits per heavy atom. The first-order valence-electron chi connectivity index (χ1n) is 10.1. The Morgan fingerprint density at radius 3 is 2.69 bits per heavy atom. The predicted molar refractivity (Wildman–Crippen MR) is 115 cm³/mol. The standard InChI is InChI=1S/C20H28N8O/c1-4-27(5-2)20(29)24-17-13-21-25-18(17)19-22-15-7-6-14(12-16(15)23-19)28-10-8-26(3)9-11-28/h6-7,12-13H,4-5,8-11H2,1-3H3,(H,21,25)(H,22,23)(H,24,29). The number of anilines is 2. The maximum Gasteiger partial charge on any atom is 0.321 e. The van der Waals surface area contributed by atoms with E-state index < -0.39 is 0 Å². The molecule has 3 heterocycles. The summed E-state index contributed by atoms with van der Waals surface area (Å²) in [6.07, 6.45) is 1.68. The number of hydrogen-bond donors (Lipinski definition) is 3. The summed E-state index contributed by atoms with van der Waals surface area (Å²) in [6.45, 7) is 9.37. The highest BCUT2D eigenvalue weighted by Crippen LogP contribution is 2.28. The molecule has 3 N–H and O–H groups in total. The minimum absolute atomic E-state index is 0.147. The molecule has 3 aromatic rings. The van der Waals surface area contributed by atoms with E-state index in [2.05, 4.69) is 54.5 Å². The number of amides is 2. The molecule has 1 aliphatic heterocycles. The number of carbonyl (C=O) groups excluding carboxylic acids is 1. The number of imidazole rings is 1. The highest BCUT2D eigenvalue weighted by Gasteiger charge is 2.19. The van der Waals surface area contributed by atoms with E-state index in [9.17, 15) is 4.79 Å². The van der Waals surface area contributed by atoms with E-state index in [-0.39, 0.29) is 6.03 Å². The summed E-state index contributed by atoms with van der Waals surface area (Å²) in [5.41, 5.74) is 4.24. The van der Waals surface area contributed by atoms with E-state index in [1.165, 1.54) is 5.69 Å². The fraction of sp³-hybridized carbons (Fsp3) is 0.450. The third-order valence-electron chi connectivity index (χ3n) is 5.49. The van der Waals surface area contributed by atoms with Crippen LogP contribution in [0.2, 0.25) is 0 Å². The lowest BCUT2D eigenvalue weighted by molar-refractivity contribution is 0.217. The van der Waals surface area contributed by atoms with Gasteiger partial charge in [-0.2, -0.15) is 5.10 Å². The lowest BCUT2D eigenvalue weighted by Gasteiger charge is -2.34. The molecule has 29 heavy (non-hydrogen) atoms. The van der Waals surface area contributed by atoms with Gasteiger partial charge in [0.15, 0.2) is 11.5 Å². The van der Waals surface area contributed by atoms with Gasteiger partial charge in [0, 0.05) is 51.2 Å². The smallest absolute Gasteiger partial charge is 0.321 e. The van der Waals surface area contributed by atoms with Gasteiger partial charge < -0.3 is 25.0 Å². The molecule has 1 aliphatic rings. The van der Waals surface area contributed by atoms with Gasteiger partial charge in [-0.1, -0.05) is 0 Å². The normalized spacial score (nSPS) is 15.1. The van der Waals surface area contributed by atoms with Crippen LogP contribution >= 0.6 is 0 Å². The van der Waals surface area contributed by atoms with Crippen LogP contribution in [0.25, 0.3) is 22.6 Å². The Balaban J connectivity index is 1.58. The van der Waals surface area contributed by atoms with E-state index >= 15 is 0 Å². The first kappa shape index (κ1) is 19.3. The van der Waals surface area contributed by atoms with E-state index in [0.717, 1.165) is 37.2 Å². The molecular formula is C20H28N8O. The molecule has 2 amide bonds. The molecule has 4 rings (SSSR count). The molecule has 1 fully saturated rings. The number of H-pyrrole nitrogens is 2. The molecular weight excluding hydrogens is 368 g/mol. The van der Waals surface area contributed by atoms with Crippen molar-refractivity contribution in [3.8, 4) is 11.5 Å². The van der Waals surface area contributed by atoms with Crippen LogP contribution in [0.15, 0.2) is 24.4 Å². The summed E-state index contributed by atoms with van der Waals surface area (Å²) < 4.78 is 0. The molecule has 0 spiro atoms. The first-order valence-corrected chi connectivity index (χ1v) is 10.1. The molecule has 0 unspecified atom stereocenters. The Kier molecular flexibility index (Phi) is 5.39. The summed E-state index contributed by atoms with van der Waals surface area (Å²) in [4.78, 5) is 26.9. The summed E-state index contributed by atoms with van der Waals surface area (Å²) in [5.74, 6) is 0.631. The number of aromatic nitrogens is 4. The van der Waals surface area contributed by atoms with Gasteiger partial charge in [-0.3, -0.25) is 5.10 Å². The zero-order valence-corrected chi connectivity index (χ0v) is 17.2. The van der Waals surface area contributed by atoms with Gasteiger partial charge in [0.1, 0.15) is 0 Å². The number of rotatable bonds is 5. The van der Waals surface area contributed by atoms with Gasteiger partial charge in [-0.25, -0.2) is 9.78 Å². The van der Waals surface area contributed by atoms with Crippen LogP contribution in [0.4, 0.5) is 16.2 Å². The summed E-state index contributed by atoms with van der Waals surface area (Å²) in [5, 5.41) is 10.1. The Labute approximate surface area is 170 Å². The topological polar surface area (TPSA) is 96.2 Å². The average molecular weight is 396 g/mol. The Hall–Kier alpha value is -3.07. The molecule has 0 aliphatic carbocycles. The number of carbonyl (C=O) groups is 1. The second-order valence-corrected chi connectivity index (χ2v) is 7.33. The van der Waals surface area contributed by atoms with Crippen molar-refractivity contribution in [2.45, 2.75) is 13.8 Å². The molecule has 1 saturated heterocycles. The number of likely N-dealkylation sites (N-methyl/N-ethyl adjacent to an activating group) is 1. The summed E-state index contributed by atoms with van der Waals surface area (Å²) in [6, 6.07) is 6.14. The maximum absolute atomic E-state index is 12.4. The zero-order chi connectivity index (χ0) is 20.4. The molecule has 0 radical (unpaired) electrons. The van der Waals surface area contributed by atoms with Crippen LogP contribution in [-0.2, 0) is 0 Å². The number of aromatic amines is 2. The molecule has 2 aromatic heterocycles. The van der Waals surface area contributed by atoms with Gasteiger partial charge in [0.2, 0.25) is 0 Å². The molecule has 0 bridgehead atoms. The number of piperazine rings is 1. The Bertz CT molecular complexity index is 981. The van der Waals surface area contributed by atoms with E-state index in [4.69, 9.17) is 0 Å². The molecule has 0 atom stereocenters. The zero-order valence-electron chi connectivity index (χ0n) is 17.2. The number of hydrogen-bond acceptors (Lipinski definition) is 5. The lowest BCUT2D eigenvalue weighted by Crippen LogP contribution is -2.44. The van der Waals surface area contributed by atoms with Crippen LogP contribution < -0.4 is 10.2 Å². The van der Waals surface area contributed by atoms with Crippen LogP contribution in [0, 0.1) is 0 Å².